The lowest BCUT2D eigenvalue weighted by molar-refractivity contribution is -0.156. The van der Waals surface area contributed by atoms with E-state index in [4.69, 9.17) is 9.15 Å². The number of aliphatic hydroxyl groups excluding tert-OH is 2. The Kier molecular flexibility index (Phi) is 3.32. The van der Waals surface area contributed by atoms with Gasteiger partial charge in [-0.05, 0) is 25.3 Å². The van der Waals surface area contributed by atoms with E-state index in [9.17, 15) is 19.8 Å². The Hall–Kier alpha value is -1.66. The van der Waals surface area contributed by atoms with Gasteiger partial charge in [0.2, 0.25) is 0 Å². The maximum Gasteiger partial charge on any atom is 0.336 e. The summed E-state index contributed by atoms with van der Waals surface area (Å²) in [6, 6.07) is 1.45. The summed E-state index contributed by atoms with van der Waals surface area (Å²) < 4.78 is 11.0. The van der Waals surface area contributed by atoms with Gasteiger partial charge in [0.05, 0.1) is 11.5 Å². The molecule has 2 heterocycles. The lowest BCUT2D eigenvalue weighted by Crippen LogP contribution is -2.58. The van der Waals surface area contributed by atoms with Gasteiger partial charge in [-0.15, -0.1) is 0 Å². The fourth-order valence-electron chi connectivity index (χ4n) is 5.49. The van der Waals surface area contributed by atoms with Gasteiger partial charge in [0.25, 0.3) is 0 Å². The average molecular weight is 348 g/mol. The van der Waals surface area contributed by atoms with Crippen LogP contribution in [0, 0.1) is 11.3 Å². The van der Waals surface area contributed by atoms with Crippen molar-refractivity contribution in [3.8, 4) is 0 Å². The van der Waals surface area contributed by atoms with Gasteiger partial charge in [-0.3, -0.25) is 4.79 Å². The maximum atomic E-state index is 12.6. The van der Waals surface area contributed by atoms with E-state index in [1.165, 1.54) is 6.07 Å². The van der Waals surface area contributed by atoms with Crippen LogP contribution in [0.1, 0.15) is 69.4 Å². The number of carbonyl (C=O) groups excluding carboxylic acids is 1. The number of rotatable bonds is 1. The Labute approximate surface area is 145 Å². The lowest BCUT2D eigenvalue weighted by atomic mass is 9.48. The quantitative estimate of drug-likeness (QED) is 0.751. The molecule has 1 saturated heterocycles. The highest BCUT2D eigenvalue weighted by molar-refractivity contribution is 5.81. The second kappa shape index (κ2) is 4.95. The van der Waals surface area contributed by atoms with Crippen LogP contribution in [0.3, 0.4) is 0 Å². The van der Waals surface area contributed by atoms with Crippen LogP contribution >= 0.6 is 0 Å². The minimum atomic E-state index is -1.08. The van der Waals surface area contributed by atoms with Gasteiger partial charge in [0.15, 0.2) is 0 Å². The van der Waals surface area contributed by atoms with E-state index >= 15 is 0 Å². The summed E-state index contributed by atoms with van der Waals surface area (Å²) in [5, 5.41) is 21.6. The molecule has 6 heteroatoms. The van der Waals surface area contributed by atoms with Crippen molar-refractivity contribution in [1.29, 1.82) is 0 Å². The van der Waals surface area contributed by atoms with Crippen LogP contribution in [0.25, 0.3) is 0 Å². The zero-order valence-corrected chi connectivity index (χ0v) is 14.9. The first-order valence-electron chi connectivity index (χ1n) is 8.88. The Morgan fingerprint density at radius 2 is 1.92 bits per heavy atom. The molecule has 1 saturated carbocycles. The minimum absolute atomic E-state index is 0.0879. The third kappa shape index (κ3) is 1.87. The molecule has 1 aromatic heterocycles. The normalized spacial score (nSPS) is 42.1. The van der Waals surface area contributed by atoms with Gasteiger partial charge in [0, 0.05) is 28.9 Å². The molecule has 25 heavy (non-hydrogen) atoms. The SMILES string of the molecule is CC(C)c1oc(=O)cc2c1[C@@H](O)[C@@H]1OC(=O)[C@@]3(C)[C@H](O)CC[C@@]2(C)[C@H]13. The molecule has 2 fully saturated rings. The first-order chi connectivity index (χ1) is 11.6. The topological polar surface area (TPSA) is 97.0 Å². The van der Waals surface area contributed by atoms with Crippen LogP contribution < -0.4 is 5.63 Å². The molecule has 0 spiro atoms. The molecule has 0 bridgehead atoms. The van der Waals surface area contributed by atoms with Crippen LogP contribution in [0.4, 0.5) is 0 Å². The zero-order valence-electron chi connectivity index (χ0n) is 14.9. The predicted molar refractivity (Wildman–Crippen MR) is 88.1 cm³/mol. The van der Waals surface area contributed by atoms with Crippen LogP contribution in [0.15, 0.2) is 15.3 Å². The number of esters is 1. The summed E-state index contributed by atoms with van der Waals surface area (Å²) in [7, 11) is 0. The fraction of sp³-hybridized carbons (Fsp3) is 0.684. The van der Waals surface area contributed by atoms with E-state index < -0.39 is 40.7 Å². The molecule has 2 N–H and O–H groups in total. The second-order valence-electron chi connectivity index (χ2n) is 8.46. The molecule has 3 aliphatic rings. The molecular weight excluding hydrogens is 324 g/mol. The third-order valence-electron chi connectivity index (χ3n) is 6.75. The van der Waals surface area contributed by atoms with Crippen molar-refractivity contribution >= 4 is 5.97 Å². The zero-order chi connectivity index (χ0) is 18.3. The van der Waals surface area contributed by atoms with E-state index in [0.717, 1.165) is 5.56 Å². The van der Waals surface area contributed by atoms with Crippen molar-refractivity contribution in [3.63, 3.8) is 0 Å². The maximum absolute atomic E-state index is 12.6. The first kappa shape index (κ1) is 16.8. The number of aliphatic hydroxyl groups is 2. The molecule has 0 aromatic carbocycles. The van der Waals surface area contributed by atoms with Gasteiger partial charge in [0.1, 0.15) is 18.0 Å². The molecule has 6 nitrogen and oxygen atoms in total. The summed E-state index contributed by atoms with van der Waals surface area (Å²) in [4.78, 5) is 24.8. The van der Waals surface area contributed by atoms with Crippen LogP contribution in [0.2, 0.25) is 0 Å². The second-order valence-corrected chi connectivity index (χ2v) is 8.46. The van der Waals surface area contributed by atoms with E-state index in [1.54, 1.807) is 6.92 Å². The number of carbonyl (C=O) groups is 1. The van der Waals surface area contributed by atoms with Crippen molar-refractivity contribution in [1.82, 2.24) is 0 Å². The van der Waals surface area contributed by atoms with Crippen molar-refractivity contribution < 1.29 is 24.2 Å². The van der Waals surface area contributed by atoms with E-state index in [1.807, 2.05) is 20.8 Å². The molecule has 4 rings (SSSR count). The van der Waals surface area contributed by atoms with Crippen LogP contribution in [0.5, 0.6) is 0 Å². The number of hydrogen-bond donors (Lipinski definition) is 2. The highest BCUT2D eigenvalue weighted by Crippen LogP contribution is 2.63. The Morgan fingerprint density at radius 3 is 2.56 bits per heavy atom. The Balaban J connectivity index is 2.04. The Morgan fingerprint density at radius 1 is 1.24 bits per heavy atom. The van der Waals surface area contributed by atoms with Crippen molar-refractivity contribution in [2.24, 2.45) is 11.3 Å². The molecule has 1 aliphatic heterocycles. The van der Waals surface area contributed by atoms with Gasteiger partial charge >= 0.3 is 11.6 Å². The smallest absolute Gasteiger partial charge is 0.336 e. The molecule has 0 radical (unpaired) electrons. The van der Waals surface area contributed by atoms with Crippen molar-refractivity contribution in [2.75, 3.05) is 0 Å². The number of hydrogen-bond acceptors (Lipinski definition) is 6. The Bertz CT molecular complexity index is 811. The molecule has 2 aliphatic carbocycles. The van der Waals surface area contributed by atoms with Crippen molar-refractivity contribution in [2.45, 2.75) is 70.2 Å². The third-order valence-corrected chi connectivity index (χ3v) is 6.75. The van der Waals surface area contributed by atoms with Gasteiger partial charge in [-0.25, -0.2) is 4.79 Å². The molecular formula is C19H24O6. The monoisotopic (exact) mass is 348 g/mol. The average Bonchev–Trinajstić information content (AvgIpc) is 2.83. The van der Waals surface area contributed by atoms with Crippen molar-refractivity contribution in [3.05, 3.63) is 33.4 Å². The molecule has 136 valence electrons. The van der Waals surface area contributed by atoms with Crippen LogP contribution in [-0.2, 0) is 14.9 Å². The summed E-state index contributed by atoms with van der Waals surface area (Å²) in [5.74, 6) is -0.501. The minimum Gasteiger partial charge on any atom is -0.458 e. The summed E-state index contributed by atoms with van der Waals surface area (Å²) in [6.07, 6.45) is -1.57. The highest BCUT2D eigenvalue weighted by atomic mass is 16.6. The van der Waals surface area contributed by atoms with E-state index in [0.29, 0.717) is 24.2 Å². The van der Waals surface area contributed by atoms with Gasteiger partial charge in [-0.2, -0.15) is 0 Å². The standard InChI is InChI=1S/C19H24O6/c1-8(2)14-12-9(7-11(21)24-14)18(3)6-5-10(20)19(4)16(18)15(13(12)22)25-17(19)23/h7-8,10,13,15-16,20,22H,5-6H2,1-4H3/t10-,13-,15+,16+,18-,19+/m1/s1. The lowest BCUT2D eigenvalue weighted by Gasteiger charge is -2.53. The largest absolute Gasteiger partial charge is 0.458 e. The fourth-order valence-corrected chi connectivity index (χ4v) is 5.49. The summed E-state index contributed by atoms with van der Waals surface area (Å²) in [6.45, 7) is 7.52. The first-order valence-corrected chi connectivity index (χ1v) is 8.88. The number of fused-ring (bicyclic) bond motifs is 2. The van der Waals surface area contributed by atoms with Gasteiger partial charge in [-0.1, -0.05) is 20.8 Å². The molecule has 6 atom stereocenters. The predicted octanol–water partition coefficient (Wildman–Crippen LogP) is 1.77. The van der Waals surface area contributed by atoms with E-state index in [-0.39, 0.29) is 11.8 Å². The molecule has 0 unspecified atom stereocenters. The number of ether oxygens (including phenoxy) is 1. The van der Waals surface area contributed by atoms with Crippen LogP contribution in [-0.4, -0.2) is 28.4 Å². The molecule has 1 aromatic rings. The van der Waals surface area contributed by atoms with Gasteiger partial charge < -0.3 is 19.4 Å². The molecule has 0 amide bonds. The summed E-state index contributed by atoms with van der Waals surface area (Å²) >= 11 is 0. The summed E-state index contributed by atoms with van der Waals surface area (Å²) in [5.41, 5.74) is -0.764. The highest BCUT2D eigenvalue weighted by Gasteiger charge is 2.70. The van der Waals surface area contributed by atoms with E-state index in [2.05, 4.69) is 0 Å².